The minimum Gasteiger partial charge on any atom is -0.493 e. The van der Waals surface area contributed by atoms with Crippen LogP contribution in [0.2, 0.25) is 0 Å². The van der Waals surface area contributed by atoms with Crippen LogP contribution < -0.4 is 10.1 Å². The lowest BCUT2D eigenvalue weighted by Gasteiger charge is -2.32. The largest absolute Gasteiger partial charge is 0.493 e. The highest BCUT2D eigenvalue weighted by atomic mass is 16.5. The van der Waals surface area contributed by atoms with Gasteiger partial charge in [-0.1, -0.05) is 36.4 Å². The monoisotopic (exact) mass is 366 g/mol. The number of piperidine rings is 1. The number of likely N-dealkylation sites (tertiary alicyclic amines) is 1. The van der Waals surface area contributed by atoms with Crippen molar-refractivity contribution >= 4 is 16.7 Å². The Morgan fingerprint density at radius 3 is 2.63 bits per heavy atom. The molecule has 2 fully saturated rings. The molecule has 1 saturated heterocycles. The topological polar surface area (TPSA) is 41.6 Å². The van der Waals surface area contributed by atoms with Crippen molar-refractivity contribution in [1.29, 1.82) is 0 Å². The van der Waals surface area contributed by atoms with E-state index in [2.05, 4.69) is 23.5 Å². The van der Waals surface area contributed by atoms with Crippen molar-refractivity contribution in [3.8, 4) is 5.75 Å². The minimum absolute atomic E-state index is 0.275. The molecule has 2 aliphatic rings. The molecular weight excluding hydrogens is 336 g/mol. The maximum absolute atomic E-state index is 12.5. The Bertz CT molecular complexity index is 759. The summed E-state index contributed by atoms with van der Waals surface area (Å²) in [6.45, 7) is 3.54. The molecule has 0 bridgehead atoms. The van der Waals surface area contributed by atoms with Crippen LogP contribution in [0.4, 0.5) is 0 Å². The number of nitrogens with zero attached hydrogens (tertiary/aromatic N) is 1. The van der Waals surface area contributed by atoms with Gasteiger partial charge in [-0.15, -0.1) is 0 Å². The minimum atomic E-state index is 0.275. The highest BCUT2D eigenvalue weighted by Gasteiger charge is 2.25. The second-order valence-corrected chi connectivity index (χ2v) is 7.94. The normalized spacial score (nSPS) is 18.0. The molecule has 0 aromatic heterocycles. The van der Waals surface area contributed by atoms with E-state index in [1.165, 1.54) is 24.8 Å². The number of carbonyl (C=O) groups excluding carboxylic acids is 1. The Kier molecular flexibility index (Phi) is 5.93. The lowest BCUT2D eigenvalue weighted by atomic mass is 10.0. The van der Waals surface area contributed by atoms with E-state index in [-0.39, 0.29) is 5.91 Å². The molecule has 4 rings (SSSR count). The van der Waals surface area contributed by atoms with Crippen LogP contribution in [0.1, 0.15) is 38.5 Å². The van der Waals surface area contributed by atoms with Gasteiger partial charge in [-0.25, -0.2) is 0 Å². The molecule has 0 spiro atoms. The number of nitrogens with one attached hydrogen (secondary N) is 1. The summed E-state index contributed by atoms with van der Waals surface area (Å²) in [6.07, 6.45) is 6.30. The third kappa shape index (κ3) is 5.01. The number of fused-ring (bicyclic) bond motifs is 1. The molecule has 4 heteroatoms. The molecule has 0 radical (unpaired) electrons. The first-order valence-electron chi connectivity index (χ1n) is 10.4. The van der Waals surface area contributed by atoms with Crippen molar-refractivity contribution < 1.29 is 9.53 Å². The highest BCUT2D eigenvalue weighted by molar-refractivity contribution is 5.88. The Morgan fingerprint density at radius 2 is 1.81 bits per heavy atom. The molecule has 1 aliphatic heterocycles. The van der Waals surface area contributed by atoms with Crippen molar-refractivity contribution in [1.82, 2.24) is 10.2 Å². The molecule has 0 unspecified atom stereocenters. The molecule has 2 aromatic carbocycles. The molecule has 4 nitrogen and oxygen atoms in total. The van der Waals surface area contributed by atoms with Gasteiger partial charge in [0.1, 0.15) is 5.75 Å². The second-order valence-electron chi connectivity index (χ2n) is 7.94. The highest BCUT2D eigenvalue weighted by Crippen LogP contribution is 2.28. The number of hydrogen-bond donors (Lipinski definition) is 1. The van der Waals surface area contributed by atoms with Gasteiger partial charge in [0.2, 0.25) is 5.91 Å². The molecule has 1 N–H and O–H groups in total. The van der Waals surface area contributed by atoms with E-state index >= 15 is 0 Å². The van der Waals surface area contributed by atoms with Crippen LogP contribution in [0, 0.1) is 5.92 Å². The Labute approximate surface area is 161 Å². The average Bonchev–Trinajstić information content (AvgIpc) is 3.54. The van der Waals surface area contributed by atoms with Crippen LogP contribution in [0.5, 0.6) is 5.75 Å². The molecular formula is C23H30N2O2. The Hall–Kier alpha value is -2.07. The number of rotatable bonds is 8. The molecule has 2 aromatic rings. The quantitative estimate of drug-likeness (QED) is 0.718. The summed E-state index contributed by atoms with van der Waals surface area (Å²) in [6, 6.07) is 15.0. The fraction of sp³-hybridized carbons (Fsp3) is 0.522. The standard InChI is InChI=1S/C23H30N2O2/c26-23(25-14-12-20(13-15-25)24-17-18-10-11-18)9-4-16-27-22-8-3-6-19-5-1-2-7-21(19)22/h1-3,5-8,18,20,24H,4,9-17H2. The summed E-state index contributed by atoms with van der Waals surface area (Å²) in [5.74, 6) is 2.10. The molecule has 1 aliphatic carbocycles. The molecule has 1 heterocycles. The van der Waals surface area contributed by atoms with Crippen LogP contribution in [-0.4, -0.2) is 43.1 Å². The van der Waals surface area contributed by atoms with E-state index in [0.29, 0.717) is 19.1 Å². The van der Waals surface area contributed by atoms with Crippen molar-refractivity contribution in [2.45, 2.75) is 44.6 Å². The van der Waals surface area contributed by atoms with E-state index in [1.807, 2.05) is 29.2 Å². The number of amides is 1. The lowest BCUT2D eigenvalue weighted by molar-refractivity contribution is -0.132. The van der Waals surface area contributed by atoms with Gasteiger partial charge < -0.3 is 15.0 Å². The van der Waals surface area contributed by atoms with E-state index in [4.69, 9.17) is 4.74 Å². The van der Waals surface area contributed by atoms with E-state index in [1.54, 1.807) is 0 Å². The number of benzene rings is 2. The van der Waals surface area contributed by atoms with E-state index in [9.17, 15) is 4.79 Å². The predicted octanol–water partition coefficient (Wildman–Crippen LogP) is 3.99. The maximum Gasteiger partial charge on any atom is 0.222 e. The second kappa shape index (κ2) is 8.75. The van der Waals surface area contributed by atoms with Gasteiger partial charge in [0.15, 0.2) is 0 Å². The van der Waals surface area contributed by atoms with Crippen LogP contribution in [0.25, 0.3) is 10.8 Å². The van der Waals surface area contributed by atoms with Crippen molar-refractivity contribution in [3.63, 3.8) is 0 Å². The first-order chi connectivity index (χ1) is 13.3. The van der Waals surface area contributed by atoms with Gasteiger partial charge in [0.25, 0.3) is 0 Å². The zero-order valence-electron chi connectivity index (χ0n) is 16.0. The zero-order valence-corrected chi connectivity index (χ0v) is 16.0. The maximum atomic E-state index is 12.5. The van der Waals surface area contributed by atoms with Gasteiger partial charge in [-0.3, -0.25) is 4.79 Å². The zero-order chi connectivity index (χ0) is 18.5. The third-order valence-electron chi connectivity index (χ3n) is 5.78. The number of hydrogen-bond acceptors (Lipinski definition) is 3. The lowest BCUT2D eigenvalue weighted by Crippen LogP contribution is -2.45. The van der Waals surface area contributed by atoms with E-state index in [0.717, 1.165) is 49.4 Å². The van der Waals surface area contributed by atoms with Gasteiger partial charge in [-0.2, -0.15) is 0 Å². The summed E-state index contributed by atoms with van der Waals surface area (Å²) in [4.78, 5) is 14.5. The van der Waals surface area contributed by atoms with Gasteiger partial charge in [0, 0.05) is 30.9 Å². The smallest absolute Gasteiger partial charge is 0.222 e. The van der Waals surface area contributed by atoms with Crippen molar-refractivity contribution in [3.05, 3.63) is 42.5 Å². The molecule has 0 atom stereocenters. The van der Waals surface area contributed by atoms with Gasteiger partial charge >= 0.3 is 0 Å². The number of carbonyl (C=O) groups is 1. The first kappa shape index (κ1) is 18.3. The van der Waals surface area contributed by atoms with Crippen molar-refractivity contribution in [2.75, 3.05) is 26.2 Å². The summed E-state index contributed by atoms with van der Waals surface area (Å²) < 4.78 is 5.95. The SMILES string of the molecule is O=C(CCCOc1cccc2ccccc12)N1CCC(NCC2CC2)CC1. The average molecular weight is 367 g/mol. The Balaban J connectivity index is 1.16. The van der Waals surface area contributed by atoms with Crippen molar-refractivity contribution in [2.24, 2.45) is 5.92 Å². The summed E-state index contributed by atoms with van der Waals surface area (Å²) >= 11 is 0. The van der Waals surface area contributed by atoms with Crippen LogP contribution in [0.3, 0.4) is 0 Å². The third-order valence-corrected chi connectivity index (χ3v) is 5.78. The number of ether oxygens (including phenoxy) is 1. The van der Waals surface area contributed by atoms with Crippen LogP contribution in [-0.2, 0) is 4.79 Å². The molecule has 144 valence electrons. The van der Waals surface area contributed by atoms with Crippen LogP contribution in [0.15, 0.2) is 42.5 Å². The Morgan fingerprint density at radius 1 is 1.04 bits per heavy atom. The van der Waals surface area contributed by atoms with Gasteiger partial charge in [-0.05, 0) is 56.0 Å². The summed E-state index contributed by atoms with van der Waals surface area (Å²) in [5.41, 5.74) is 0. The predicted molar refractivity (Wildman–Crippen MR) is 109 cm³/mol. The fourth-order valence-electron chi connectivity index (χ4n) is 3.87. The van der Waals surface area contributed by atoms with E-state index < -0.39 is 0 Å². The molecule has 1 saturated carbocycles. The molecule has 27 heavy (non-hydrogen) atoms. The fourth-order valence-corrected chi connectivity index (χ4v) is 3.87. The molecule has 1 amide bonds. The van der Waals surface area contributed by atoms with Crippen LogP contribution >= 0.6 is 0 Å². The van der Waals surface area contributed by atoms with Gasteiger partial charge in [0.05, 0.1) is 6.61 Å². The first-order valence-corrected chi connectivity index (χ1v) is 10.4. The summed E-state index contributed by atoms with van der Waals surface area (Å²) in [5, 5.41) is 5.99. The summed E-state index contributed by atoms with van der Waals surface area (Å²) in [7, 11) is 0.